The molecule has 232 valence electrons. The summed E-state index contributed by atoms with van der Waals surface area (Å²) in [6.07, 6.45) is -10.1. The van der Waals surface area contributed by atoms with Crippen molar-refractivity contribution in [2.45, 2.75) is 44.4 Å². The van der Waals surface area contributed by atoms with E-state index in [1.165, 1.54) is 12.1 Å². The summed E-state index contributed by atoms with van der Waals surface area (Å²) in [6.45, 7) is 3.18. The van der Waals surface area contributed by atoms with Crippen LogP contribution in [0.25, 0.3) is 0 Å². The molecular weight excluding hydrogens is 598 g/mol. The number of hydrogen-bond acceptors (Lipinski definition) is 3. The number of halogens is 8. The number of nitrogens with one attached hydrogen (secondary N) is 1. The molecule has 12 heteroatoms. The fraction of sp³-hybridized carbons (Fsp3) is 0.219. The van der Waals surface area contributed by atoms with Crippen LogP contribution in [0.15, 0.2) is 84.9 Å². The van der Waals surface area contributed by atoms with Crippen LogP contribution in [0, 0.1) is 23.3 Å². The second-order valence-corrected chi connectivity index (χ2v) is 10.0. The fourth-order valence-electron chi connectivity index (χ4n) is 4.63. The number of alkyl halides is 4. The molecule has 44 heavy (non-hydrogen) atoms. The Kier molecular flexibility index (Phi) is 9.50. The molecule has 1 amide bonds. The lowest BCUT2D eigenvalue weighted by Gasteiger charge is -2.38. The van der Waals surface area contributed by atoms with E-state index >= 15 is 8.78 Å². The molecule has 0 heterocycles. The summed E-state index contributed by atoms with van der Waals surface area (Å²) in [4.78, 5) is 13.7. The third kappa shape index (κ3) is 6.95. The van der Waals surface area contributed by atoms with E-state index in [0.717, 1.165) is 24.3 Å². The predicted octanol–water partition coefficient (Wildman–Crippen LogP) is 8.18. The number of amides is 1. The molecule has 0 aliphatic carbocycles. The van der Waals surface area contributed by atoms with Crippen molar-refractivity contribution in [1.82, 2.24) is 5.32 Å². The maximum atomic E-state index is 16.1. The van der Waals surface area contributed by atoms with Crippen molar-refractivity contribution >= 4 is 5.91 Å². The Balaban J connectivity index is 2.01. The van der Waals surface area contributed by atoms with Crippen LogP contribution >= 0.6 is 0 Å². The van der Waals surface area contributed by atoms with E-state index in [0.29, 0.717) is 23.8 Å². The first-order valence-corrected chi connectivity index (χ1v) is 13.2. The van der Waals surface area contributed by atoms with E-state index in [-0.39, 0.29) is 17.5 Å². The molecule has 1 unspecified atom stereocenters. The van der Waals surface area contributed by atoms with Gasteiger partial charge in [0.2, 0.25) is 0 Å². The van der Waals surface area contributed by atoms with Gasteiger partial charge in [-0.15, -0.1) is 0 Å². The molecule has 0 saturated carbocycles. The average Bonchev–Trinajstić information content (AvgIpc) is 2.95. The SMILES string of the molecule is CC(C)Oc1c(F)cccc1C(Cc1ccccc1)(NC(=O)c1ccc(F)c(F)c1)c1ccc(OC(F)(F)C(F)F)cc1F. The van der Waals surface area contributed by atoms with Crippen LogP contribution in [0.4, 0.5) is 35.1 Å². The molecular formula is C32H25F8NO3. The lowest BCUT2D eigenvalue weighted by molar-refractivity contribution is -0.253. The Bertz CT molecular complexity index is 1630. The number of benzene rings is 4. The zero-order valence-electron chi connectivity index (χ0n) is 23.2. The third-order valence-corrected chi connectivity index (χ3v) is 6.51. The number of ether oxygens (including phenoxy) is 2. The van der Waals surface area contributed by atoms with Crippen LogP contribution in [0.2, 0.25) is 0 Å². The van der Waals surface area contributed by atoms with Crippen molar-refractivity contribution in [3.63, 3.8) is 0 Å². The van der Waals surface area contributed by atoms with Crippen molar-refractivity contribution in [3.05, 3.63) is 130 Å². The molecule has 1 atom stereocenters. The Morgan fingerprint density at radius 3 is 2.09 bits per heavy atom. The maximum Gasteiger partial charge on any atom is 0.461 e. The molecule has 0 bridgehead atoms. The molecule has 0 spiro atoms. The van der Waals surface area contributed by atoms with Crippen molar-refractivity contribution < 1.29 is 49.4 Å². The molecule has 0 aliphatic heterocycles. The Hall–Kier alpha value is -4.61. The topological polar surface area (TPSA) is 47.6 Å². The van der Waals surface area contributed by atoms with Crippen molar-refractivity contribution in [2.24, 2.45) is 0 Å². The molecule has 4 aromatic rings. The average molecular weight is 624 g/mol. The summed E-state index contributed by atoms with van der Waals surface area (Å²) in [5.74, 6) is -7.21. The predicted molar refractivity (Wildman–Crippen MR) is 145 cm³/mol. The normalized spacial score (nSPS) is 13.1. The molecule has 4 aromatic carbocycles. The summed E-state index contributed by atoms with van der Waals surface area (Å²) >= 11 is 0. The second-order valence-electron chi connectivity index (χ2n) is 10.0. The molecule has 0 aromatic heterocycles. The van der Waals surface area contributed by atoms with Gasteiger partial charge in [0.1, 0.15) is 17.1 Å². The van der Waals surface area contributed by atoms with E-state index in [2.05, 4.69) is 10.1 Å². The zero-order valence-corrected chi connectivity index (χ0v) is 23.2. The van der Waals surface area contributed by atoms with Crippen LogP contribution in [-0.2, 0) is 12.0 Å². The lowest BCUT2D eigenvalue weighted by Crippen LogP contribution is -2.49. The number of rotatable bonds is 11. The first-order valence-electron chi connectivity index (χ1n) is 13.2. The number of para-hydroxylation sites is 1. The monoisotopic (exact) mass is 623 g/mol. The highest BCUT2D eigenvalue weighted by atomic mass is 19.3. The van der Waals surface area contributed by atoms with Gasteiger partial charge in [-0.05, 0) is 55.8 Å². The second kappa shape index (κ2) is 12.9. The van der Waals surface area contributed by atoms with Crippen molar-refractivity contribution in [1.29, 1.82) is 0 Å². The van der Waals surface area contributed by atoms with E-state index in [1.807, 2.05) is 0 Å². The Labute approximate surface area is 247 Å². The van der Waals surface area contributed by atoms with Crippen LogP contribution in [0.3, 0.4) is 0 Å². The summed E-state index contributed by atoms with van der Waals surface area (Å²) < 4.78 is 122. The van der Waals surface area contributed by atoms with Gasteiger partial charge in [-0.2, -0.15) is 17.6 Å². The van der Waals surface area contributed by atoms with Gasteiger partial charge < -0.3 is 14.8 Å². The van der Waals surface area contributed by atoms with E-state index in [9.17, 15) is 31.1 Å². The van der Waals surface area contributed by atoms with Gasteiger partial charge in [0.05, 0.1) is 6.10 Å². The molecule has 0 aliphatic rings. The lowest BCUT2D eigenvalue weighted by atomic mass is 9.76. The molecule has 4 rings (SSSR count). The minimum absolute atomic E-state index is 0.128. The van der Waals surface area contributed by atoms with Gasteiger partial charge in [-0.1, -0.05) is 42.5 Å². The van der Waals surface area contributed by atoms with Gasteiger partial charge in [0, 0.05) is 29.2 Å². The minimum Gasteiger partial charge on any atom is -0.488 e. The quantitative estimate of drug-likeness (QED) is 0.172. The highest BCUT2D eigenvalue weighted by Gasteiger charge is 2.45. The van der Waals surface area contributed by atoms with E-state index in [1.54, 1.807) is 44.2 Å². The summed E-state index contributed by atoms with van der Waals surface area (Å²) in [5, 5.41) is 2.62. The standard InChI is InChI=1S/C32H25F8NO3/c1-18(2)43-28-23(9-6-10-25(28)34)31(17-19-7-4-3-5-8-19,41-29(42)20-11-14-24(33)27(36)15-20)22-13-12-21(16-26(22)35)44-32(39,40)30(37)38/h3-16,18,30H,17H2,1-2H3,(H,41,42). The zero-order chi connectivity index (χ0) is 32.2. The summed E-state index contributed by atoms with van der Waals surface area (Å²) in [5.41, 5.74) is -2.62. The first-order chi connectivity index (χ1) is 20.7. The van der Waals surface area contributed by atoms with Crippen LogP contribution in [0.1, 0.15) is 40.9 Å². The highest BCUT2D eigenvalue weighted by molar-refractivity contribution is 5.95. The van der Waals surface area contributed by atoms with Gasteiger partial charge >= 0.3 is 12.5 Å². The summed E-state index contributed by atoms with van der Waals surface area (Å²) in [6, 6.07) is 16.2. The molecule has 0 fully saturated rings. The van der Waals surface area contributed by atoms with Crippen LogP contribution in [-0.4, -0.2) is 24.5 Å². The third-order valence-electron chi connectivity index (χ3n) is 6.51. The minimum atomic E-state index is -4.95. The molecule has 4 nitrogen and oxygen atoms in total. The Morgan fingerprint density at radius 2 is 1.48 bits per heavy atom. The highest BCUT2D eigenvalue weighted by Crippen LogP contribution is 2.43. The number of carbonyl (C=O) groups is 1. The smallest absolute Gasteiger partial charge is 0.461 e. The molecule has 0 radical (unpaired) electrons. The van der Waals surface area contributed by atoms with Gasteiger partial charge in [-0.3, -0.25) is 4.79 Å². The van der Waals surface area contributed by atoms with Gasteiger partial charge in [0.15, 0.2) is 23.2 Å². The molecule has 0 saturated heterocycles. The Morgan fingerprint density at radius 1 is 0.773 bits per heavy atom. The van der Waals surface area contributed by atoms with Crippen molar-refractivity contribution in [3.8, 4) is 11.5 Å². The first kappa shape index (κ1) is 32.3. The van der Waals surface area contributed by atoms with Crippen LogP contribution in [0.5, 0.6) is 11.5 Å². The van der Waals surface area contributed by atoms with Gasteiger partial charge in [0.25, 0.3) is 5.91 Å². The maximum absolute atomic E-state index is 16.1. The summed E-state index contributed by atoms with van der Waals surface area (Å²) in [7, 11) is 0. The number of carbonyl (C=O) groups excluding carboxylic acids is 1. The number of hydrogen-bond donors (Lipinski definition) is 1. The van der Waals surface area contributed by atoms with E-state index in [4.69, 9.17) is 4.74 Å². The van der Waals surface area contributed by atoms with Gasteiger partial charge in [-0.25, -0.2) is 17.6 Å². The fourth-order valence-corrected chi connectivity index (χ4v) is 4.63. The van der Waals surface area contributed by atoms with Crippen LogP contribution < -0.4 is 14.8 Å². The van der Waals surface area contributed by atoms with Crippen molar-refractivity contribution in [2.75, 3.05) is 0 Å². The van der Waals surface area contributed by atoms with E-state index < -0.39 is 70.4 Å². The molecule has 1 N–H and O–H groups in total. The largest absolute Gasteiger partial charge is 0.488 e.